The molecule has 0 aliphatic carbocycles. The summed E-state index contributed by atoms with van der Waals surface area (Å²) in [6, 6.07) is 13.1. The van der Waals surface area contributed by atoms with Gasteiger partial charge in [-0.05, 0) is 48.9 Å². The Balaban J connectivity index is 1.85. The fourth-order valence-electron chi connectivity index (χ4n) is 2.18. The second-order valence-corrected chi connectivity index (χ2v) is 5.76. The number of hydrogen-bond acceptors (Lipinski definition) is 5. The molecule has 0 unspecified atom stereocenters. The normalized spacial score (nSPS) is 12.4. The van der Waals surface area contributed by atoms with Gasteiger partial charge in [-0.25, -0.2) is 4.98 Å². The third kappa shape index (κ3) is 5.19. The quantitative estimate of drug-likeness (QED) is 0.285. The number of aromatic nitrogens is 2. The van der Waals surface area contributed by atoms with Gasteiger partial charge in [0.05, 0.1) is 11.3 Å². The van der Waals surface area contributed by atoms with Gasteiger partial charge in [0.25, 0.3) is 0 Å². The van der Waals surface area contributed by atoms with Crippen molar-refractivity contribution in [3.8, 4) is 0 Å². The number of azo groups is 1. The number of hydrazone groups is 1. The van der Waals surface area contributed by atoms with Crippen molar-refractivity contribution < 1.29 is 13.2 Å². The Labute approximate surface area is 158 Å². The molecule has 1 aromatic carbocycles. The highest BCUT2D eigenvalue weighted by Crippen LogP contribution is 2.29. The second-order valence-electron chi connectivity index (χ2n) is 5.76. The van der Waals surface area contributed by atoms with E-state index in [4.69, 9.17) is 0 Å². The van der Waals surface area contributed by atoms with Gasteiger partial charge in [0.15, 0.2) is 5.82 Å². The van der Waals surface area contributed by atoms with E-state index in [2.05, 4.69) is 30.7 Å². The number of nitrogens with zero attached hydrogens (tertiary/aromatic N) is 5. The summed E-state index contributed by atoms with van der Waals surface area (Å²) in [4.78, 5) is 7.69. The van der Waals surface area contributed by atoms with Crippen LogP contribution in [-0.2, 0) is 6.18 Å². The van der Waals surface area contributed by atoms with E-state index in [1.165, 1.54) is 0 Å². The highest BCUT2D eigenvalue weighted by molar-refractivity contribution is 5.99. The third-order valence-electron chi connectivity index (χ3n) is 3.55. The lowest BCUT2D eigenvalue weighted by Crippen LogP contribution is -2.04. The molecule has 3 aromatic rings. The van der Waals surface area contributed by atoms with Crippen LogP contribution < -0.4 is 5.43 Å². The van der Waals surface area contributed by atoms with Crippen molar-refractivity contribution in [2.24, 2.45) is 15.3 Å². The van der Waals surface area contributed by atoms with Crippen molar-refractivity contribution in [2.75, 3.05) is 5.43 Å². The lowest BCUT2D eigenvalue weighted by atomic mass is 10.2. The van der Waals surface area contributed by atoms with E-state index in [9.17, 15) is 13.2 Å². The van der Waals surface area contributed by atoms with E-state index >= 15 is 0 Å². The fraction of sp³-hybridized carbons (Fsp3) is 0.105. The number of hydrogen-bond donors (Lipinski definition) is 1. The van der Waals surface area contributed by atoms with Gasteiger partial charge in [0.2, 0.25) is 5.84 Å². The van der Waals surface area contributed by atoms with Crippen LogP contribution in [0.4, 0.5) is 24.7 Å². The van der Waals surface area contributed by atoms with E-state index in [1.54, 1.807) is 24.5 Å². The number of anilines is 1. The zero-order valence-electron chi connectivity index (χ0n) is 14.7. The zero-order valence-corrected chi connectivity index (χ0v) is 14.7. The molecule has 0 fully saturated rings. The smallest absolute Gasteiger partial charge is 0.276 e. The number of benzene rings is 1. The van der Waals surface area contributed by atoms with Crippen LogP contribution in [0.2, 0.25) is 0 Å². The molecule has 0 spiro atoms. The summed E-state index contributed by atoms with van der Waals surface area (Å²) in [7, 11) is 0. The lowest BCUT2D eigenvalue weighted by molar-refractivity contribution is -0.137. The van der Waals surface area contributed by atoms with Crippen LogP contribution in [0.15, 0.2) is 82.5 Å². The Morgan fingerprint density at radius 2 is 1.89 bits per heavy atom. The monoisotopic (exact) mass is 384 g/mol. The van der Waals surface area contributed by atoms with E-state index in [1.807, 2.05) is 31.2 Å². The molecule has 0 saturated heterocycles. The third-order valence-corrected chi connectivity index (χ3v) is 3.55. The number of alkyl halides is 3. The zero-order chi connectivity index (χ0) is 20.0. The van der Waals surface area contributed by atoms with Crippen molar-refractivity contribution in [1.82, 2.24) is 9.97 Å². The van der Waals surface area contributed by atoms with Crippen molar-refractivity contribution in [3.63, 3.8) is 0 Å². The molecule has 0 bridgehead atoms. The summed E-state index contributed by atoms with van der Waals surface area (Å²) >= 11 is 0. The fourth-order valence-corrected chi connectivity index (χ4v) is 2.18. The van der Waals surface area contributed by atoms with Crippen molar-refractivity contribution in [1.29, 1.82) is 0 Å². The minimum atomic E-state index is -4.46. The molecule has 3 rings (SSSR count). The van der Waals surface area contributed by atoms with E-state index in [-0.39, 0.29) is 11.7 Å². The van der Waals surface area contributed by atoms with Crippen LogP contribution >= 0.6 is 0 Å². The molecule has 28 heavy (non-hydrogen) atoms. The molecule has 0 atom stereocenters. The largest absolute Gasteiger partial charge is 0.417 e. The number of halogens is 3. The first kappa shape index (κ1) is 19.2. The molecule has 6 nitrogen and oxygen atoms in total. The molecule has 0 radical (unpaired) electrons. The average Bonchev–Trinajstić information content (AvgIpc) is 2.68. The first-order valence-corrected chi connectivity index (χ1v) is 8.17. The van der Waals surface area contributed by atoms with Gasteiger partial charge in [-0.3, -0.25) is 10.4 Å². The van der Waals surface area contributed by atoms with Crippen molar-refractivity contribution in [2.45, 2.75) is 13.1 Å². The number of rotatable bonds is 4. The van der Waals surface area contributed by atoms with Crippen molar-refractivity contribution >= 4 is 17.3 Å². The molecular weight excluding hydrogens is 369 g/mol. The molecule has 2 aromatic heterocycles. The Morgan fingerprint density at radius 3 is 2.54 bits per heavy atom. The average molecular weight is 384 g/mol. The van der Waals surface area contributed by atoms with E-state index < -0.39 is 11.7 Å². The van der Waals surface area contributed by atoms with Gasteiger partial charge in [-0.1, -0.05) is 12.1 Å². The summed E-state index contributed by atoms with van der Waals surface area (Å²) in [5.74, 6) is 0.233. The van der Waals surface area contributed by atoms with Crippen molar-refractivity contribution in [3.05, 3.63) is 83.8 Å². The maximum Gasteiger partial charge on any atom is 0.417 e. The number of pyridine rings is 2. The van der Waals surface area contributed by atoms with Crippen LogP contribution in [0.1, 0.15) is 16.7 Å². The Morgan fingerprint density at radius 1 is 1.04 bits per heavy atom. The van der Waals surface area contributed by atoms with Crippen LogP contribution in [0.3, 0.4) is 0 Å². The van der Waals surface area contributed by atoms with E-state index in [0.717, 1.165) is 23.4 Å². The van der Waals surface area contributed by atoms with Gasteiger partial charge in [0, 0.05) is 24.2 Å². The summed E-state index contributed by atoms with van der Waals surface area (Å²) in [6.07, 6.45) is -0.595. The van der Waals surface area contributed by atoms with Crippen LogP contribution in [0.25, 0.3) is 0 Å². The highest BCUT2D eigenvalue weighted by Gasteiger charge is 2.30. The summed E-state index contributed by atoms with van der Waals surface area (Å²) in [5.41, 5.74) is 4.42. The molecule has 142 valence electrons. The standard InChI is InChI=1S/C19H15F3N6/c1-13-4-2-6-16(10-13)25-27-18(14-5-3-9-23-11-14)28-26-17-8-7-15(12-24-17)19(20,21)22/h2-12,25H,1H3. The summed E-state index contributed by atoms with van der Waals surface area (Å²) in [5, 5.41) is 12.1. The van der Waals surface area contributed by atoms with Crippen LogP contribution in [-0.4, -0.2) is 15.8 Å². The lowest BCUT2D eigenvalue weighted by Gasteiger charge is -2.05. The molecule has 2 heterocycles. The first-order valence-electron chi connectivity index (χ1n) is 8.17. The molecule has 0 aliphatic rings. The summed E-state index contributed by atoms with van der Waals surface area (Å²) < 4.78 is 37.8. The summed E-state index contributed by atoms with van der Waals surface area (Å²) in [6.45, 7) is 1.95. The van der Waals surface area contributed by atoms with Crippen LogP contribution in [0, 0.1) is 6.92 Å². The highest BCUT2D eigenvalue weighted by atomic mass is 19.4. The molecule has 1 N–H and O–H groups in total. The SMILES string of the molecule is Cc1cccc(NN=C(N=Nc2ccc(C(F)(F)F)cn2)c2cccnc2)c1. The second kappa shape index (κ2) is 8.38. The minimum Gasteiger partial charge on any atom is -0.276 e. The Kier molecular flexibility index (Phi) is 5.73. The maximum absolute atomic E-state index is 12.6. The molecule has 0 saturated carbocycles. The van der Waals surface area contributed by atoms with Gasteiger partial charge < -0.3 is 0 Å². The van der Waals surface area contributed by atoms with Gasteiger partial charge in [-0.15, -0.1) is 10.2 Å². The Bertz CT molecular complexity index is 983. The van der Waals surface area contributed by atoms with Gasteiger partial charge in [-0.2, -0.15) is 18.3 Å². The predicted molar refractivity (Wildman–Crippen MR) is 99.3 cm³/mol. The Hall–Kier alpha value is -3.62. The minimum absolute atomic E-state index is 0.0279. The number of aryl methyl sites for hydroxylation is 1. The topological polar surface area (TPSA) is 74.9 Å². The van der Waals surface area contributed by atoms with Gasteiger partial charge >= 0.3 is 6.18 Å². The number of amidine groups is 1. The molecule has 0 amide bonds. The first-order chi connectivity index (χ1) is 13.4. The van der Waals surface area contributed by atoms with Gasteiger partial charge in [0.1, 0.15) is 0 Å². The maximum atomic E-state index is 12.6. The molecular formula is C19H15F3N6. The van der Waals surface area contributed by atoms with Crippen LogP contribution in [0.5, 0.6) is 0 Å². The number of nitrogens with one attached hydrogen (secondary N) is 1. The molecule has 0 aliphatic heterocycles. The van der Waals surface area contributed by atoms with E-state index in [0.29, 0.717) is 11.8 Å². The predicted octanol–water partition coefficient (Wildman–Crippen LogP) is 5.36. The molecule has 9 heteroatoms.